The van der Waals surface area contributed by atoms with E-state index >= 15 is 0 Å². The number of carbonyl (C=O) groups is 1. The summed E-state index contributed by atoms with van der Waals surface area (Å²) in [5.41, 5.74) is 0.620. The SMILES string of the molecule is CCCC(=O)N(CCOC)C(CC)c1nc2ccccc2c(=O)n1-c1ccc(F)c(Cl)c1. The number of halogens is 2. The molecule has 6 nitrogen and oxygen atoms in total. The largest absolute Gasteiger partial charge is 0.383 e. The topological polar surface area (TPSA) is 64.4 Å². The summed E-state index contributed by atoms with van der Waals surface area (Å²) in [7, 11) is 1.58. The van der Waals surface area contributed by atoms with Gasteiger partial charge in [-0.15, -0.1) is 0 Å². The minimum atomic E-state index is -0.578. The molecule has 0 saturated carbocycles. The molecule has 0 saturated heterocycles. The fourth-order valence-corrected chi connectivity index (χ4v) is 3.97. The number of fused-ring (bicyclic) bond motifs is 1. The highest BCUT2D eigenvalue weighted by Gasteiger charge is 2.28. The van der Waals surface area contributed by atoms with Crippen molar-refractivity contribution in [2.75, 3.05) is 20.3 Å². The number of rotatable bonds is 9. The van der Waals surface area contributed by atoms with Gasteiger partial charge >= 0.3 is 0 Å². The van der Waals surface area contributed by atoms with Crippen LogP contribution in [0.15, 0.2) is 47.3 Å². The maximum Gasteiger partial charge on any atom is 0.266 e. The zero-order valence-electron chi connectivity index (χ0n) is 18.5. The maximum absolute atomic E-state index is 13.8. The van der Waals surface area contributed by atoms with Gasteiger partial charge in [-0.3, -0.25) is 14.2 Å². The zero-order chi connectivity index (χ0) is 23.3. The van der Waals surface area contributed by atoms with Crippen LogP contribution in [-0.2, 0) is 9.53 Å². The summed E-state index contributed by atoms with van der Waals surface area (Å²) in [5.74, 6) is -0.215. The molecule has 1 heterocycles. The van der Waals surface area contributed by atoms with E-state index in [0.29, 0.717) is 54.8 Å². The Labute approximate surface area is 191 Å². The number of ether oxygens (including phenoxy) is 1. The molecule has 0 N–H and O–H groups in total. The first-order chi connectivity index (χ1) is 15.4. The molecule has 1 atom stereocenters. The van der Waals surface area contributed by atoms with Crippen molar-refractivity contribution in [3.8, 4) is 5.69 Å². The minimum Gasteiger partial charge on any atom is -0.383 e. The van der Waals surface area contributed by atoms with Gasteiger partial charge in [0.05, 0.1) is 34.3 Å². The standard InChI is InChI=1S/C24H27ClFN3O3/c1-4-8-22(30)28(13-14-32-3)21(5-2)23-27-20-10-7-6-9-17(20)24(31)29(23)16-11-12-19(26)18(25)15-16/h6-7,9-12,15,21H,4-5,8,13-14H2,1-3H3. The predicted octanol–water partition coefficient (Wildman–Crippen LogP) is 4.90. The minimum absolute atomic E-state index is 0.0394. The third kappa shape index (κ3) is 4.84. The number of benzene rings is 2. The van der Waals surface area contributed by atoms with E-state index in [2.05, 4.69) is 0 Å². The third-order valence-corrected chi connectivity index (χ3v) is 5.63. The molecule has 2 aromatic carbocycles. The molecule has 8 heteroatoms. The molecule has 3 rings (SSSR count). The Kier molecular flexibility index (Phi) is 7.99. The zero-order valence-corrected chi connectivity index (χ0v) is 19.2. The van der Waals surface area contributed by atoms with E-state index in [-0.39, 0.29) is 16.5 Å². The molecule has 0 aliphatic heterocycles. The molecular formula is C24H27ClFN3O3. The van der Waals surface area contributed by atoms with Crippen LogP contribution in [0.25, 0.3) is 16.6 Å². The van der Waals surface area contributed by atoms with E-state index in [1.165, 1.54) is 22.8 Å². The first kappa shape index (κ1) is 23.9. The van der Waals surface area contributed by atoms with Crippen LogP contribution < -0.4 is 5.56 Å². The number of para-hydroxylation sites is 1. The lowest BCUT2D eigenvalue weighted by atomic mass is 10.1. The molecule has 0 aliphatic carbocycles. The average molecular weight is 460 g/mol. The van der Waals surface area contributed by atoms with Crippen LogP contribution in [0.3, 0.4) is 0 Å². The van der Waals surface area contributed by atoms with Crippen molar-refractivity contribution in [3.05, 3.63) is 69.5 Å². The first-order valence-corrected chi connectivity index (χ1v) is 11.1. The number of aromatic nitrogens is 2. The van der Waals surface area contributed by atoms with Gasteiger partial charge in [0.2, 0.25) is 5.91 Å². The molecule has 0 fully saturated rings. The molecule has 32 heavy (non-hydrogen) atoms. The number of carbonyl (C=O) groups excluding carboxylic acids is 1. The summed E-state index contributed by atoms with van der Waals surface area (Å²) >= 11 is 6.03. The molecule has 1 unspecified atom stereocenters. The molecule has 1 amide bonds. The summed E-state index contributed by atoms with van der Waals surface area (Å²) in [6.07, 6.45) is 1.60. The van der Waals surface area contributed by atoms with Crippen molar-refractivity contribution in [1.29, 1.82) is 0 Å². The Bertz CT molecular complexity index is 1160. The van der Waals surface area contributed by atoms with Crippen molar-refractivity contribution in [2.45, 2.75) is 39.2 Å². The molecule has 1 aromatic heterocycles. The lowest BCUT2D eigenvalue weighted by Gasteiger charge is -2.32. The monoisotopic (exact) mass is 459 g/mol. The Balaban J connectivity index is 2.29. The summed E-state index contributed by atoms with van der Waals surface area (Å²) in [5, 5.41) is 0.328. The van der Waals surface area contributed by atoms with Gasteiger partial charge in [-0.25, -0.2) is 9.37 Å². The molecule has 0 aliphatic rings. The quantitative estimate of drug-likeness (QED) is 0.456. The van der Waals surface area contributed by atoms with E-state index < -0.39 is 11.9 Å². The molecule has 0 spiro atoms. The summed E-state index contributed by atoms with van der Waals surface area (Å²) < 4.78 is 20.5. The first-order valence-electron chi connectivity index (χ1n) is 10.7. The fraction of sp³-hybridized carbons (Fsp3) is 0.375. The van der Waals surface area contributed by atoms with Gasteiger partial charge in [0.1, 0.15) is 11.6 Å². The normalized spacial score (nSPS) is 12.2. The number of amides is 1. The smallest absolute Gasteiger partial charge is 0.266 e. The highest BCUT2D eigenvalue weighted by atomic mass is 35.5. The van der Waals surface area contributed by atoms with Crippen LogP contribution in [0.5, 0.6) is 0 Å². The Hall–Kier alpha value is -2.77. The van der Waals surface area contributed by atoms with Gasteiger partial charge in [0.15, 0.2) is 0 Å². The van der Waals surface area contributed by atoms with Crippen LogP contribution in [-0.4, -0.2) is 40.6 Å². The molecule has 0 radical (unpaired) electrons. The Morgan fingerprint density at radius 2 is 2.00 bits per heavy atom. The second-order valence-corrected chi connectivity index (χ2v) is 7.89. The van der Waals surface area contributed by atoms with Crippen molar-refractivity contribution in [1.82, 2.24) is 14.5 Å². The van der Waals surface area contributed by atoms with Crippen molar-refractivity contribution < 1.29 is 13.9 Å². The highest BCUT2D eigenvalue weighted by Crippen LogP contribution is 2.28. The molecular weight excluding hydrogens is 433 g/mol. The fourth-order valence-electron chi connectivity index (χ4n) is 3.79. The average Bonchev–Trinajstić information content (AvgIpc) is 2.79. The van der Waals surface area contributed by atoms with Gasteiger partial charge in [-0.1, -0.05) is 37.6 Å². The van der Waals surface area contributed by atoms with Crippen LogP contribution in [0, 0.1) is 5.82 Å². The number of nitrogens with zero attached hydrogens (tertiary/aromatic N) is 3. The van der Waals surface area contributed by atoms with Crippen LogP contribution in [0.4, 0.5) is 4.39 Å². The molecule has 0 bridgehead atoms. The van der Waals surface area contributed by atoms with Crippen molar-refractivity contribution in [3.63, 3.8) is 0 Å². The van der Waals surface area contributed by atoms with Gasteiger partial charge in [0, 0.05) is 20.1 Å². The Morgan fingerprint density at radius 3 is 2.66 bits per heavy atom. The second-order valence-electron chi connectivity index (χ2n) is 7.48. The van der Waals surface area contributed by atoms with E-state index in [9.17, 15) is 14.0 Å². The lowest BCUT2D eigenvalue weighted by Crippen LogP contribution is -2.40. The second kappa shape index (κ2) is 10.7. The van der Waals surface area contributed by atoms with Gasteiger partial charge in [-0.05, 0) is 43.2 Å². The lowest BCUT2D eigenvalue weighted by molar-refractivity contribution is -0.134. The number of hydrogen-bond acceptors (Lipinski definition) is 4. The third-order valence-electron chi connectivity index (χ3n) is 5.34. The van der Waals surface area contributed by atoms with E-state index in [1.807, 2.05) is 19.9 Å². The van der Waals surface area contributed by atoms with Crippen LogP contribution in [0.1, 0.15) is 45.0 Å². The van der Waals surface area contributed by atoms with E-state index in [1.54, 1.807) is 30.2 Å². The summed E-state index contributed by atoms with van der Waals surface area (Å²) in [6, 6.07) is 10.7. The van der Waals surface area contributed by atoms with E-state index in [4.69, 9.17) is 21.3 Å². The summed E-state index contributed by atoms with van der Waals surface area (Å²) in [4.78, 5) is 33.1. The molecule has 170 valence electrons. The van der Waals surface area contributed by atoms with E-state index in [0.717, 1.165) is 0 Å². The van der Waals surface area contributed by atoms with Gasteiger partial charge in [-0.2, -0.15) is 0 Å². The maximum atomic E-state index is 13.8. The van der Waals surface area contributed by atoms with Gasteiger partial charge in [0.25, 0.3) is 5.56 Å². The van der Waals surface area contributed by atoms with Crippen LogP contribution in [0.2, 0.25) is 5.02 Å². The number of hydrogen-bond donors (Lipinski definition) is 0. The van der Waals surface area contributed by atoms with Gasteiger partial charge < -0.3 is 9.64 Å². The van der Waals surface area contributed by atoms with Crippen molar-refractivity contribution >= 4 is 28.4 Å². The Morgan fingerprint density at radius 1 is 1.25 bits per heavy atom. The summed E-state index contributed by atoms with van der Waals surface area (Å²) in [6.45, 7) is 4.60. The predicted molar refractivity (Wildman–Crippen MR) is 124 cm³/mol. The van der Waals surface area contributed by atoms with Crippen LogP contribution >= 0.6 is 11.6 Å². The van der Waals surface area contributed by atoms with Crippen molar-refractivity contribution in [2.24, 2.45) is 0 Å². The highest BCUT2D eigenvalue weighted by molar-refractivity contribution is 6.30. The molecule has 3 aromatic rings. The number of methoxy groups -OCH3 is 1.